The van der Waals surface area contributed by atoms with E-state index in [0.29, 0.717) is 22.5 Å². The van der Waals surface area contributed by atoms with E-state index in [2.05, 4.69) is 4.98 Å². The van der Waals surface area contributed by atoms with Gasteiger partial charge < -0.3 is 14.6 Å². The van der Waals surface area contributed by atoms with Crippen LogP contribution >= 0.6 is 40.2 Å². The van der Waals surface area contributed by atoms with Gasteiger partial charge in [-0.25, -0.2) is 4.79 Å². The number of aromatic nitrogens is 1. The maximum absolute atomic E-state index is 12.1. The van der Waals surface area contributed by atoms with Crippen LogP contribution in [-0.4, -0.2) is 42.6 Å². The van der Waals surface area contributed by atoms with Gasteiger partial charge in [-0.3, -0.25) is 4.79 Å². The minimum absolute atomic E-state index is 0. The van der Waals surface area contributed by atoms with Crippen molar-refractivity contribution in [1.29, 1.82) is 0 Å². The number of ether oxygens (including phenoxy) is 1. The molecule has 5 nitrogen and oxygen atoms in total. The van der Waals surface area contributed by atoms with Crippen molar-refractivity contribution in [1.82, 2.24) is 9.88 Å². The summed E-state index contributed by atoms with van der Waals surface area (Å²) in [6, 6.07) is 4.22. The summed E-state index contributed by atoms with van der Waals surface area (Å²) in [5.41, 5.74) is 0.112. The highest BCUT2D eigenvalue weighted by atomic mass is 79.9. The van der Waals surface area contributed by atoms with Crippen molar-refractivity contribution in [2.24, 2.45) is 0 Å². The molecule has 1 heterocycles. The lowest BCUT2D eigenvalue weighted by Crippen LogP contribution is -2.28. The summed E-state index contributed by atoms with van der Waals surface area (Å²) in [5.74, 6) is -0.593. The van der Waals surface area contributed by atoms with Crippen molar-refractivity contribution in [3.8, 4) is 0 Å². The van der Waals surface area contributed by atoms with E-state index in [9.17, 15) is 9.59 Å². The van der Waals surface area contributed by atoms with Crippen LogP contribution in [0.2, 0.25) is 10.0 Å². The van der Waals surface area contributed by atoms with Crippen molar-refractivity contribution in [3.63, 3.8) is 0 Å². The summed E-state index contributed by atoms with van der Waals surface area (Å²) in [6.07, 6.45) is -0.301. The second-order valence-electron chi connectivity index (χ2n) is 5.34. The fourth-order valence-electron chi connectivity index (χ4n) is 2.21. The average molecular weight is 424 g/mol. The van der Waals surface area contributed by atoms with Gasteiger partial charge in [-0.1, -0.05) is 23.2 Å². The van der Waals surface area contributed by atoms with E-state index in [1.807, 2.05) is 19.0 Å². The molecule has 0 fully saturated rings. The highest BCUT2D eigenvalue weighted by Crippen LogP contribution is 2.24. The number of nitrogens with zero attached hydrogens (tertiary/aromatic N) is 1. The molecule has 1 atom stereocenters. The number of pyridine rings is 1. The molecule has 0 radical (unpaired) electrons. The minimum atomic E-state index is -0.593. The number of hydrogen-bond acceptors (Lipinski definition) is 4. The molecular formula is C15H17BrCl2N2O3. The first-order valence-corrected chi connectivity index (χ1v) is 7.41. The molecule has 8 heteroatoms. The predicted octanol–water partition coefficient (Wildman–Crippen LogP) is 3.52. The lowest BCUT2D eigenvalue weighted by molar-refractivity contribution is 0.0282. The molecule has 0 aliphatic rings. The van der Waals surface area contributed by atoms with E-state index in [-0.39, 0.29) is 39.2 Å². The van der Waals surface area contributed by atoms with E-state index >= 15 is 0 Å². The van der Waals surface area contributed by atoms with Crippen molar-refractivity contribution >= 4 is 57.1 Å². The topological polar surface area (TPSA) is 62.4 Å². The Hall–Kier alpha value is -1.08. The quantitative estimate of drug-likeness (QED) is 0.764. The van der Waals surface area contributed by atoms with Gasteiger partial charge in [0.05, 0.1) is 15.9 Å². The fraction of sp³-hybridized carbons (Fsp3) is 0.333. The van der Waals surface area contributed by atoms with Crippen LogP contribution in [0.5, 0.6) is 0 Å². The zero-order valence-electron chi connectivity index (χ0n) is 12.9. The number of nitrogens with one attached hydrogen (secondary N) is 1. The number of likely N-dealkylation sites (N-methyl/N-ethyl adjacent to an activating group) is 1. The molecule has 23 heavy (non-hydrogen) atoms. The summed E-state index contributed by atoms with van der Waals surface area (Å²) < 4.78 is 5.29. The molecule has 1 aromatic carbocycles. The Kier molecular flexibility index (Phi) is 7.07. The molecule has 1 unspecified atom stereocenters. The van der Waals surface area contributed by atoms with Crippen LogP contribution in [0.3, 0.4) is 0 Å². The molecule has 126 valence electrons. The van der Waals surface area contributed by atoms with Crippen LogP contribution < -0.4 is 5.43 Å². The van der Waals surface area contributed by atoms with Gasteiger partial charge in [0.25, 0.3) is 0 Å². The van der Waals surface area contributed by atoms with Gasteiger partial charge in [0.2, 0.25) is 0 Å². The molecule has 0 aliphatic carbocycles. The van der Waals surface area contributed by atoms with Crippen LogP contribution in [0.4, 0.5) is 0 Å². The summed E-state index contributed by atoms with van der Waals surface area (Å²) in [4.78, 5) is 29.0. The molecular weight excluding hydrogens is 407 g/mol. The molecule has 0 spiro atoms. The SMILES string of the molecule is Br.CC(CN(C)C)OC(=O)c1cc(=O)c2c(Cl)cc(Cl)cc2[nH]1. The lowest BCUT2D eigenvalue weighted by atomic mass is 10.2. The van der Waals surface area contributed by atoms with E-state index in [0.717, 1.165) is 0 Å². The van der Waals surface area contributed by atoms with Gasteiger partial charge in [-0.15, -0.1) is 17.0 Å². The number of esters is 1. The summed E-state index contributed by atoms with van der Waals surface area (Å²) in [7, 11) is 3.76. The first kappa shape index (κ1) is 20.0. The second kappa shape index (κ2) is 8.15. The van der Waals surface area contributed by atoms with Crippen LogP contribution in [0.1, 0.15) is 17.4 Å². The number of carbonyl (C=O) groups is 1. The summed E-state index contributed by atoms with van der Waals surface area (Å²) >= 11 is 11.9. The third-order valence-corrected chi connectivity index (χ3v) is 3.51. The first-order chi connectivity index (χ1) is 10.3. The Morgan fingerprint density at radius 3 is 2.57 bits per heavy atom. The van der Waals surface area contributed by atoms with Gasteiger partial charge in [-0.05, 0) is 33.2 Å². The van der Waals surface area contributed by atoms with Gasteiger partial charge in [0.15, 0.2) is 5.43 Å². The third kappa shape index (κ3) is 4.94. The number of hydrogen-bond donors (Lipinski definition) is 1. The van der Waals surface area contributed by atoms with Crippen molar-refractivity contribution < 1.29 is 9.53 Å². The third-order valence-electron chi connectivity index (χ3n) is 3.00. The summed E-state index contributed by atoms with van der Waals surface area (Å²) in [5, 5.41) is 0.910. The van der Waals surface area contributed by atoms with Gasteiger partial charge in [-0.2, -0.15) is 0 Å². The molecule has 1 aromatic heterocycles. The fourth-order valence-corrected chi connectivity index (χ4v) is 2.80. The Morgan fingerprint density at radius 2 is 1.96 bits per heavy atom. The number of benzene rings is 1. The van der Waals surface area contributed by atoms with Crippen molar-refractivity contribution in [2.45, 2.75) is 13.0 Å². The normalized spacial score (nSPS) is 12.1. The minimum Gasteiger partial charge on any atom is -0.457 e. The molecule has 0 saturated heterocycles. The Morgan fingerprint density at radius 1 is 1.30 bits per heavy atom. The molecule has 1 N–H and O–H groups in total. The van der Waals surface area contributed by atoms with Crippen LogP contribution in [0, 0.1) is 0 Å². The van der Waals surface area contributed by atoms with Crippen molar-refractivity contribution in [3.05, 3.63) is 44.2 Å². The average Bonchev–Trinajstić information content (AvgIpc) is 2.35. The highest BCUT2D eigenvalue weighted by molar-refractivity contribution is 8.93. The number of aromatic amines is 1. The smallest absolute Gasteiger partial charge is 0.355 e. The highest BCUT2D eigenvalue weighted by Gasteiger charge is 2.16. The van der Waals surface area contributed by atoms with E-state index in [1.165, 1.54) is 12.1 Å². The van der Waals surface area contributed by atoms with Crippen LogP contribution in [0.15, 0.2) is 23.0 Å². The number of carbonyl (C=O) groups excluding carboxylic acids is 1. The largest absolute Gasteiger partial charge is 0.457 e. The lowest BCUT2D eigenvalue weighted by Gasteiger charge is -2.17. The van der Waals surface area contributed by atoms with Gasteiger partial charge in [0, 0.05) is 17.6 Å². The predicted molar refractivity (Wildman–Crippen MR) is 98.3 cm³/mol. The Balaban J connectivity index is 0.00000264. The molecule has 0 aliphatic heterocycles. The number of rotatable bonds is 4. The molecule has 2 aromatic rings. The number of fused-ring (bicyclic) bond motifs is 1. The molecule has 0 bridgehead atoms. The zero-order chi connectivity index (χ0) is 16.4. The number of halogens is 3. The first-order valence-electron chi connectivity index (χ1n) is 6.65. The monoisotopic (exact) mass is 422 g/mol. The van der Waals surface area contributed by atoms with Gasteiger partial charge in [0.1, 0.15) is 11.8 Å². The zero-order valence-corrected chi connectivity index (χ0v) is 16.1. The second-order valence-corrected chi connectivity index (χ2v) is 6.18. The maximum Gasteiger partial charge on any atom is 0.355 e. The molecule has 2 rings (SSSR count). The molecule has 0 saturated carbocycles. The van der Waals surface area contributed by atoms with Crippen LogP contribution in [0.25, 0.3) is 10.9 Å². The van der Waals surface area contributed by atoms with Crippen LogP contribution in [-0.2, 0) is 4.74 Å². The van der Waals surface area contributed by atoms with E-state index in [1.54, 1.807) is 13.0 Å². The Bertz CT molecular complexity index is 777. The molecule has 0 amide bonds. The standard InChI is InChI=1S/C15H16Cl2N2O3.BrH/c1-8(7-19(2)3)22-15(21)12-6-13(20)14-10(17)4-9(16)5-11(14)18-12;/h4-6,8H,7H2,1-3H3,(H,18,20);1H. The van der Waals surface area contributed by atoms with Crippen molar-refractivity contribution in [2.75, 3.05) is 20.6 Å². The van der Waals surface area contributed by atoms with E-state index < -0.39 is 5.97 Å². The summed E-state index contributed by atoms with van der Waals surface area (Å²) in [6.45, 7) is 2.37. The Labute approximate surface area is 154 Å². The maximum atomic E-state index is 12.1. The number of H-pyrrole nitrogens is 1. The van der Waals surface area contributed by atoms with Gasteiger partial charge >= 0.3 is 5.97 Å². The van der Waals surface area contributed by atoms with E-state index in [4.69, 9.17) is 27.9 Å².